The van der Waals surface area contributed by atoms with Crippen LogP contribution in [0, 0.1) is 0 Å². The van der Waals surface area contributed by atoms with Gasteiger partial charge in [0.25, 0.3) is 11.8 Å². The standard InChI is InChI=1S/C29H29N5O4S2.C24H25N5O4S/c1-3-26(35)32-21-15-18(4-7-27-31-10-13-39-27)14-20(16-21)22-5-6-23(29(30)36)28-24(22)17-25(33-28)19-8-11-34(12-9-19)40(2,37)38;1-3-22(30)27-17-11-15(10-16(25)12-17)18-4-5-19(24(26)31)23-20(18)13-21(28-23)14-6-8-29(9-7-14)34(2,32)33/h3,5-6,8,10,13-17,33H,1,4,7,9,11-12H2,2H3,(H2,30,36)(H,32,35);3-6,10-13,28H,1,7-9,25H2,2H3,(H2,26,31)(H,27,30). The number of fused-ring (bicyclic) bond motifs is 2. The van der Waals surface area contributed by atoms with Crippen LogP contribution < -0.4 is 27.8 Å². The summed E-state index contributed by atoms with van der Waals surface area (Å²) in [5.41, 5.74) is 28.7. The van der Waals surface area contributed by atoms with Crippen LogP contribution in [-0.4, -0.2) is 103 Å². The van der Waals surface area contributed by atoms with Gasteiger partial charge in [-0.1, -0.05) is 43.5 Å². The van der Waals surface area contributed by atoms with Gasteiger partial charge in [0.1, 0.15) is 0 Å². The molecule has 0 atom stereocenters. The van der Waals surface area contributed by atoms with Gasteiger partial charge < -0.3 is 37.8 Å². The number of hydrogen-bond donors (Lipinski definition) is 7. The van der Waals surface area contributed by atoms with Crippen molar-refractivity contribution in [3.8, 4) is 22.3 Å². The van der Waals surface area contributed by atoms with E-state index in [1.165, 1.54) is 33.3 Å². The van der Waals surface area contributed by atoms with E-state index in [0.29, 0.717) is 65.2 Å². The van der Waals surface area contributed by atoms with Crippen molar-refractivity contribution < 1.29 is 36.0 Å². The number of nitrogens with two attached hydrogens (primary N) is 3. The Morgan fingerprint density at radius 1 is 0.689 bits per heavy atom. The summed E-state index contributed by atoms with van der Waals surface area (Å²) < 4.78 is 50.4. The Bertz CT molecular complexity index is 3710. The minimum atomic E-state index is -3.28. The van der Waals surface area contributed by atoms with Gasteiger partial charge >= 0.3 is 0 Å². The van der Waals surface area contributed by atoms with Crippen LogP contribution in [0.15, 0.2) is 122 Å². The number of thiazole rings is 1. The second-order valence-electron chi connectivity index (χ2n) is 17.8. The lowest BCUT2D eigenvalue weighted by Gasteiger charge is -2.23. The molecular formula is C53H54N10O8S3. The molecule has 21 heteroatoms. The molecule has 9 rings (SSSR count). The number of hydrogen-bond acceptors (Lipinski definition) is 11. The number of aryl methyl sites for hydroxylation is 2. The molecule has 0 saturated heterocycles. The van der Waals surface area contributed by atoms with Crippen LogP contribution in [-0.2, 0) is 42.5 Å². The number of rotatable bonds is 15. The molecule has 4 aromatic carbocycles. The number of amides is 4. The lowest BCUT2D eigenvalue weighted by atomic mass is 9.95. The van der Waals surface area contributed by atoms with E-state index in [1.54, 1.807) is 53.9 Å². The number of carbonyl (C=O) groups excluding carboxylic acids is 4. The molecule has 382 valence electrons. The summed E-state index contributed by atoms with van der Waals surface area (Å²) in [4.78, 5) is 59.4. The molecule has 3 aromatic heterocycles. The third-order valence-electron chi connectivity index (χ3n) is 12.7. The molecule has 2 aliphatic rings. The first-order chi connectivity index (χ1) is 35.2. The van der Waals surface area contributed by atoms with E-state index in [4.69, 9.17) is 17.2 Å². The smallest absolute Gasteiger partial charge is 0.250 e. The molecule has 7 aromatic rings. The van der Waals surface area contributed by atoms with Gasteiger partial charge in [-0.15, -0.1) is 11.3 Å². The maximum absolute atomic E-state index is 12.3. The van der Waals surface area contributed by atoms with Crippen LogP contribution in [0.2, 0.25) is 0 Å². The van der Waals surface area contributed by atoms with Gasteiger partial charge in [0.15, 0.2) is 0 Å². The third-order valence-corrected chi connectivity index (χ3v) is 16.1. The fraction of sp³-hybridized carbons (Fsp3) is 0.189. The molecular weight excluding hydrogens is 1000 g/mol. The first-order valence-electron chi connectivity index (χ1n) is 23.2. The molecule has 0 fully saturated rings. The van der Waals surface area contributed by atoms with Crippen molar-refractivity contribution in [3.63, 3.8) is 0 Å². The molecule has 10 N–H and O–H groups in total. The van der Waals surface area contributed by atoms with E-state index in [-0.39, 0.29) is 24.9 Å². The molecule has 74 heavy (non-hydrogen) atoms. The van der Waals surface area contributed by atoms with Gasteiger partial charge in [0.05, 0.1) is 39.7 Å². The van der Waals surface area contributed by atoms with Crippen molar-refractivity contribution >= 4 is 105 Å². The second-order valence-corrected chi connectivity index (χ2v) is 22.7. The summed E-state index contributed by atoms with van der Waals surface area (Å²) in [5.74, 6) is -1.80. The molecule has 0 spiro atoms. The molecule has 0 radical (unpaired) electrons. The van der Waals surface area contributed by atoms with E-state index in [0.717, 1.165) is 79.0 Å². The Morgan fingerprint density at radius 3 is 1.59 bits per heavy atom. The van der Waals surface area contributed by atoms with E-state index in [9.17, 15) is 36.0 Å². The zero-order valence-electron chi connectivity index (χ0n) is 40.5. The van der Waals surface area contributed by atoms with E-state index in [2.05, 4.69) is 44.8 Å². The number of aromatic amines is 2. The fourth-order valence-corrected chi connectivity index (χ4v) is 11.2. The van der Waals surface area contributed by atoms with Gasteiger partial charge in [-0.25, -0.2) is 21.8 Å². The molecule has 0 aliphatic carbocycles. The number of anilines is 3. The summed E-state index contributed by atoms with van der Waals surface area (Å²) in [6.07, 6.45) is 12.9. The first-order valence-corrected chi connectivity index (χ1v) is 27.8. The molecule has 4 amide bonds. The number of carbonyl (C=O) groups is 4. The Hall–Kier alpha value is -7.95. The predicted molar refractivity (Wildman–Crippen MR) is 294 cm³/mol. The normalized spacial score (nSPS) is 14.4. The monoisotopic (exact) mass is 1050 g/mol. The highest BCUT2D eigenvalue weighted by molar-refractivity contribution is 7.88. The van der Waals surface area contributed by atoms with Gasteiger partial charge in [-0.05, 0) is 125 Å². The molecule has 18 nitrogen and oxygen atoms in total. The Labute approximate surface area is 431 Å². The molecule has 0 unspecified atom stereocenters. The SMILES string of the molecule is C=CC(=O)Nc1cc(CCc2nccs2)cc(-c2ccc(C(N)=O)c3[nH]c(C4=CCN(S(C)(=O)=O)CC4)cc23)c1.C=CC(=O)Nc1cc(N)cc(-c2ccc(C(N)=O)c3[nH]c(C4=CCN(S(C)(=O)=O)CC4)cc23)c1. The summed E-state index contributed by atoms with van der Waals surface area (Å²) in [7, 11) is -6.54. The van der Waals surface area contributed by atoms with Crippen molar-refractivity contribution in [2.75, 3.05) is 55.1 Å². The van der Waals surface area contributed by atoms with Gasteiger partial charge in [0, 0.05) is 83.4 Å². The van der Waals surface area contributed by atoms with Gasteiger partial charge in [0.2, 0.25) is 31.9 Å². The number of nitrogen functional groups attached to an aromatic ring is 1. The Morgan fingerprint density at radius 2 is 1.18 bits per heavy atom. The molecule has 2 aliphatic heterocycles. The van der Waals surface area contributed by atoms with Crippen molar-refractivity contribution in [2.45, 2.75) is 25.7 Å². The lowest BCUT2D eigenvalue weighted by Crippen LogP contribution is -2.33. The molecule has 0 bridgehead atoms. The maximum Gasteiger partial charge on any atom is 0.250 e. The number of benzene rings is 4. The summed E-state index contributed by atoms with van der Waals surface area (Å²) in [5, 5.41) is 10.1. The fourth-order valence-electron chi connectivity index (χ4n) is 9.05. The average molecular weight is 1060 g/mol. The maximum atomic E-state index is 12.3. The highest BCUT2D eigenvalue weighted by Crippen LogP contribution is 2.38. The number of sulfonamides is 2. The molecule has 5 heterocycles. The first kappa shape index (κ1) is 52.4. The largest absolute Gasteiger partial charge is 0.399 e. The van der Waals surface area contributed by atoms with Crippen LogP contribution in [0.5, 0.6) is 0 Å². The number of nitrogens with one attached hydrogen (secondary N) is 4. The topological polar surface area (TPSA) is 290 Å². The van der Waals surface area contributed by atoms with Crippen molar-refractivity contribution in [1.82, 2.24) is 23.6 Å². The number of nitrogens with zero attached hydrogens (tertiary/aromatic N) is 3. The highest BCUT2D eigenvalue weighted by Gasteiger charge is 2.25. The number of primary amides is 2. The third kappa shape index (κ3) is 11.9. The van der Waals surface area contributed by atoms with Crippen LogP contribution in [0.1, 0.15) is 55.5 Å². The van der Waals surface area contributed by atoms with Crippen molar-refractivity contribution in [3.05, 3.63) is 155 Å². The molecule has 0 saturated carbocycles. The van der Waals surface area contributed by atoms with Gasteiger partial charge in [-0.2, -0.15) is 8.61 Å². The van der Waals surface area contributed by atoms with E-state index >= 15 is 0 Å². The van der Waals surface area contributed by atoms with E-state index < -0.39 is 31.9 Å². The average Bonchev–Trinajstić information content (AvgIpc) is 4.16. The minimum Gasteiger partial charge on any atom is -0.399 e. The lowest BCUT2D eigenvalue weighted by molar-refractivity contribution is -0.112. The van der Waals surface area contributed by atoms with Crippen LogP contribution >= 0.6 is 11.3 Å². The van der Waals surface area contributed by atoms with Crippen LogP contribution in [0.3, 0.4) is 0 Å². The van der Waals surface area contributed by atoms with Crippen LogP contribution in [0.25, 0.3) is 55.2 Å². The predicted octanol–water partition coefficient (Wildman–Crippen LogP) is 7.04. The van der Waals surface area contributed by atoms with Crippen molar-refractivity contribution in [2.24, 2.45) is 11.5 Å². The minimum absolute atomic E-state index is 0.278. The van der Waals surface area contributed by atoms with Crippen LogP contribution in [0.4, 0.5) is 17.1 Å². The second kappa shape index (κ2) is 21.6. The van der Waals surface area contributed by atoms with Gasteiger partial charge in [-0.3, -0.25) is 19.2 Å². The number of H-pyrrole nitrogens is 2. The zero-order chi connectivity index (χ0) is 53.1. The zero-order valence-corrected chi connectivity index (χ0v) is 43.0. The number of aromatic nitrogens is 3. The summed E-state index contributed by atoms with van der Waals surface area (Å²) in [6.45, 7) is 8.33. The highest BCUT2D eigenvalue weighted by atomic mass is 32.2. The quantitative estimate of drug-likeness (QED) is 0.0406. The Balaban J connectivity index is 0.000000200. The van der Waals surface area contributed by atoms with Crippen molar-refractivity contribution in [1.29, 1.82) is 0 Å². The summed E-state index contributed by atoms with van der Waals surface area (Å²) in [6, 6.07) is 22.0. The Kier molecular flexibility index (Phi) is 15.3. The summed E-state index contributed by atoms with van der Waals surface area (Å²) >= 11 is 1.60. The van der Waals surface area contributed by atoms with E-state index in [1.807, 2.05) is 47.9 Å².